The summed E-state index contributed by atoms with van der Waals surface area (Å²) in [6, 6.07) is 9.70. The molecule has 0 saturated heterocycles. The fraction of sp³-hybridized carbons (Fsp3) is 0.167. The zero-order chi connectivity index (χ0) is 18.6. The van der Waals surface area contributed by atoms with Crippen molar-refractivity contribution in [2.75, 3.05) is 12.4 Å². The van der Waals surface area contributed by atoms with Crippen molar-refractivity contribution in [3.8, 4) is 5.75 Å². The summed E-state index contributed by atoms with van der Waals surface area (Å²) in [7, 11) is 1.65. The number of ether oxygens (including phenoxy) is 1. The van der Waals surface area contributed by atoms with Gasteiger partial charge in [0.15, 0.2) is 0 Å². The first-order valence-electron chi connectivity index (χ1n) is 8.27. The molecule has 0 bridgehead atoms. The van der Waals surface area contributed by atoms with E-state index in [-0.39, 0.29) is 11.6 Å². The predicted octanol–water partition coefficient (Wildman–Crippen LogP) is 2.63. The second kappa shape index (κ2) is 7.50. The topological polar surface area (TPSA) is 94.3 Å². The number of nitrogens with zero attached hydrogens (tertiary/aromatic N) is 5. The van der Waals surface area contributed by atoms with Gasteiger partial charge in [-0.1, -0.05) is 23.5 Å². The second-order valence-corrected chi connectivity index (χ2v) is 6.82. The number of amides is 1. The summed E-state index contributed by atoms with van der Waals surface area (Å²) < 4.78 is 6.92. The standard InChI is InChI=1S/C18H16N6O2S/c1-26-13-5-2-4-12(10-13)6-7-15-22-23-18(27-15)21-16(25)14-11-24-9-3-8-19-17(24)20-14/h2-5,8-11H,6-7H2,1H3,(H,21,23,25). The van der Waals surface area contributed by atoms with E-state index in [9.17, 15) is 4.79 Å². The van der Waals surface area contributed by atoms with E-state index in [2.05, 4.69) is 25.5 Å². The van der Waals surface area contributed by atoms with Gasteiger partial charge in [-0.3, -0.25) is 14.5 Å². The highest BCUT2D eigenvalue weighted by atomic mass is 32.1. The van der Waals surface area contributed by atoms with Crippen LogP contribution in [0.1, 0.15) is 21.1 Å². The number of aryl methyl sites for hydroxylation is 2. The Balaban J connectivity index is 1.39. The molecule has 1 N–H and O–H groups in total. The van der Waals surface area contributed by atoms with Crippen LogP contribution in [0.3, 0.4) is 0 Å². The monoisotopic (exact) mass is 380 g/mol. The lowest BCUT2D eigenvalue weighted by molar-refractivity contribution is 0.102. The van der Waals surface area contributed by atoms with Crippen molar-refractivity contribution < 1.29 is 9.53 Å². The number of hydrogen-bond donors (Lipinski definition) is 1. The quantitative estimate of drug-likeness (QED) is 0.553. The summed E-state index contributed by atoms with van der Waals surface area (Å²) in [4.78, 5) is 20.6. The van der Waals surface area contributed by atoms with Gasteiger partial charge in [-0.15, -0.1) is 10.2 Å². The number of benzene rings is 1. The molecule has 0 aliphatic heterocycles. The minimum absolute atomic E-state index is 0.279. The van der Waals surface area contributed by atoms with E-state index in [1.165, 1.54) is 11.3 Å². The van der Waals surface area contributed by atoms with Crippen molar-refractivity contribution in [1.82, 2.24) is 24.6 Å². The molecule has 0 atom stereocenters. The van der Waals surface area contributed by atoms with E-state index in [1.807, 2.05) is 24.3 Å². The Morgan fingerprint density at radius 3 is 3.04 bits per heavy atom. The zero-order valence-corrected chi connectivity index (χ0v) is 15.3. The molecule has 0 aliphatic rings. The Bertz CT molecular complexity index is 1060. The molecule has 0 fully saturated rings. The first kappa shape index (κ1) is 17.1. The van der Waals surface area contributed by atoms with E-state index >= 15 is 0 Å². The van der Waals surface area contributed by atoms with Gasteiger partial charge < -0.3 is 4.74 Å². The molecule has 0 spiro atoms. The van der Waals surface area contributed by atoms with Crippen LogP contribution < -0.4 is 10.1 Å². The number of carbonyl (C=O) groups is 1. The predicted molar refractivity (Wildman–Crippen MR) is 101 cm³/mol. The van der Waals surface area contributed by atoms with Gasteiger partial charge in [-0.05, 0) is 30.2 Å². The first-order chi connectivity index (χ1) is 13.2. The van der Waals surface area contributed by atoms with Gasteiger partial charge in [0.05, 0.1) is 7.11 Å². The summed E-state index contributed by atoms with van der Waals surface area (Å²) in [5, 5.41) is 12.2. The molecule has 1 aromatic carbocycles. The van der Waals surface area contributed by atoms with E-state index in [4.69, 9.17) is 4.74 Å². The number of methoxy groups -OCH3 is 1. The van der Waals surface area contributed by atoms with Crippen LogP contribution in [0.25, 0.3) is 5.78 Å². The summed E-state index contributed by atoms with van der Waals surface area (Å²) in [6.45, 7) is 0. The maximum absolute atomic E-state index is 12.4. The number of rotatable bonds is 6. The van der Waals surface area contributed by atoms with Crippen LogP contribution >= 0.6 is 11.3 Å². The lowest BCUT2D eigenvalue weighted by atomic mass is 10.1. The summed E-state index contributed by atoms with van der Waals surface area (Å²) in [6.07, 6.45) is 6.59. The Labute approximate surface area is 158 Å². The first-order valence-corrected chi connectivity index (χ1v) is 9.09. The number of aromatic nitrogens is 5. The van der Waals surface area contributed by atoms with Crippen LogP contribution in [0.5, 0.6) is 5.75 Å². The van der Waals surface area contributed by atoms with Crippen molar-refractivity contribution in [1.29, 1.82) is 0 Å². The molecule has 9 heteroatoms. The highest BCUT2D eigenvalue weighted by Gasteiger charge is 2.14. The minimum atomic E-state index is -0.337. The Morgan fingerprint density at radius 1 is 1.26 bits per heavy atom. The number of fused-ring (bicyclic) bond motifs is 1. The van der Waals surface area contributed by atoms with Crippen molar-refractivity contribution in [2.45, 2.75) is 12.8 Å². The highest BCUT2D eigenvalue weighted by Crippen LogP contribution is 2.19. The van der Waals surface area contributed by atoms with E-state index in [0.717, 1.165) is 29.2 Å². The van der Waals surface area contributed by atoms with Crippen LogP contribution in [-0.2, 0) is 12.8 Å². The molecule has 4 aromatic rings. The third kappa shape index (κ3) is 3.93. The number of carbonyl (C=O) groups excluding carboxylic acids is 1. The van der Waals surface area contributed by atoms with Crippen molar-refractivity contribution in [3.63, 3.8) is 0 Å². The molecule has 27 heavy (non-hydrogen) atoms. The number of nitrogens with one attached hydrogen (secondary N) is 1. The maximum atomic E-state index is 12.4. The van der Waals surface area contributed by atoms with E-state index in [0.29, 0.717) is 10.9 Å². The Morgan fingerprint density at radius 2 is 2.19 bits per heavy atom. The van der Waals surface area contributed by atoms with Gasteiger partial charge in [0.25, 0.3) is 5.91 Å². The third-order valence-electron chi connectivity index (χ3n) is 3.92. The largest absolute Gasteiger partial charge is 0.497 e. The van der Waals surface area contributed by atoms with Gasteiger partial charge >= 0.3 is 0 Å². The summed E-state index contributed by atoms with van der Waals surface area (Å²) in [5.74, 6) is 0.967. The molecule has 0 unspecified atom stereocenters. The van der Waals surface area contributed by atoms with Crippen LogP contribution in [0.15, 0.2) is 48.9 Å². The lowest BCUT2D eigenvalue weighted by Gasteiger charge is -2.02. The molecule has 136 valence electrons. The van der Waals surface area contributed by atoms with Crippen LogP contribution in [0.4, 0.5) is 5.13 Å². The molecular weight excluding hydrogens is 364 g/mol. The molecule has 3 heterocycles. The minimum Gasteiger partial charge on any atom is -0.497 e. The Kier molecular flexibility index (Phi) is 4.75. The van der Waals surface area contributed by atoms with Gasteiger partial charge in [0.2, 0.25) is 10.9 Å². The fourth-order valence-electron chi connectivity index (χ4n) is 2.58. The lowest BCUT2D eigenvalue weighted by Crippen LogP contribution is -2.12. The zero-order valence-electron chi connectivity index (χ0n) is 14.5. The molecule has 0 radical (unpaired) electrons. The smallest absolute Gasteiger partial charge is 0.277 e. The average molecular weight is 380 g/mol. The molecule has 3 aromatic heterocycles. The third-order valence-corrected chi connectivity index (χ3v) is 4.82. The Hall–Kier alpha value is -3.33. The van der Waals surface area contributed by atoms with Gasteiger partial charge in [0.1, 0.15) is 16.5 Å². The number of anilines is 1. The highest BCUT2D eigenvalue weighted by molar-refractivity contribution is 7.15. The van der Waals surface area contributed by atoms with Crippen molar-refractivity contribution in [2.24, 2.45) is 0 Å². The van der Waals surface area contributed by atoms with Crippen LogP contribution in [0.2, 0.25) is 0 Å². The van der Waals surface area contributed by atoms with Crippen molar-refractivity contribution >= 4 is 28.2 Å². The van der Waals surface area contributed by atoms with Crippen molar-refractivity contribution in [3.05, 3.63) is 65.2 Å². The number of hydrogen-bond acceptors (Lipinski definition) is 7. The molecule has 0 aliphatic carbocycles. The maximum Gasteiger partial charge on any atom is 0.277 e. The molecule has 4 rings (SSSR count). The average Bonchev–Trinajstić information content (AvgIpc) is 3.33. The van der Waals surface area contributed by atoms with Gasteiger partial charge in [0, 0.05) is 25.0 Å². The summed E-state index contributed by atoms with van der Waals surface area (Å²) in [5.41, 5.74) is 1.44. The normalized spacial score (nSPS) is 10.9. The van der Waals surface area contributed by atoms with Crippen LogP contribution in [0, 0.1) is 0 Å². The van der Waals surface area contributed by atoms with Gasteiger partial charge in [-0.2, -0.15) is 0 Å². The molecular formula is C18H16N6O2S. The fourth-order valence-corrected chi connectivity index (χ4v) is 3.32. The molecule has 1 amide bonds. The molecule has 0 saturated carbocycles. The SMILES string of the molecule is COc1cccc(CCc2nnc(NC(=O)c3cn4cccnc4n3)s2)c1. The van der Waals surface area contributed by atoms with E-state index in [1.54, 1.807) is 36.2 Å². The number of imidazole rings is 1. The summed E-state index contributed by atoms with van der Waals surface area (Å²) >= 11 is 1.36. The second-order valence-electron chi connectivity index (χ2n) is 5.76. The van der Waals surface area contributed by atoms with Gasteiger partial charge in [-0.25, -0.2) is 9.97 Å². The van der Waals surface area contributed by atoms with Crippen LogP contribution in [-0.4, -0.2) is 37.6 Å². The molecule has 8 nitrogen and oxygen atoms in total. The van der Waals surface area contributed by atoms with E-state index < -0.39 is 0 Å².